The van der Waals surface area contributed by atoms with E-state index in [0.29, 0.717) is 17.9 Å². The molecule has 0 saturated carbocycles. The molecule has 0 aliphatic rings. The number of anilines is 1. The van der Waals surface area contributed by atoms with E-state index in [-0.39, 0.29) is 12.6 Å². The fraction of sp³-hybridized carbons (Fsp3) is 0.263. The molecule has 2 rings (SSSR count). The minimum absolute atomic E-state index is 0.209. The van der Waals surface area contributed by atoms with Crippen LogP contribution in [0, 0.1) is 0 Å². The molecule has 6 heteroatoms. The van der Waals surface area contributed by atoms with Gasteiger partial charge in [-0.05, 0) is 36.2 Å². The Morgan fingerprint density at radius 1 is 1.08 bits per heavy atom. The van der Waals surface area contributed by atoms with Crippen molar-refractivity contribution in [2.45, 2.75) is 19.4 Å². The van der Waals surface area contributed by atoms with E-state index in [1.165, 1.54) is 0 Å². The van der Waals surface area contributed by atoms with Gasteiger partial charge < -0.3 is 20.5 Å². The van der Waals surface area contributed by atoms with Crippen molar-refractivity contribution >= 4 is 17.7 Å². The third kappa shape index (κ3) is 5.61. The van der Waals surface area contributed by atoms with Gasteiger partial charge in [-0.1, -0.05) is 37.3 Å². The topological polar surface area (TPSA) is 87.7 Å². The first-order valence-electron chi connectivity index (χ1n) is 8.14. The summed E-state index contributed by atoms with van der Waals surface area (Å²) in [7, 11) is 0. The fourth-order valence-electron chi connectivity index (χ4n) is 2.21. The first kappa shape index (κ1) is 18.5. The highest BCUT2D eigenvalue weighted by atomic mass is 16.5. The molecule has 2 aromatic rings. The minimum atomic E-state index is -0.496. The predicted molar refractivity (Wildman–Crippen MR) is 95.4 cm³/mol. The number of hydrogen-bond donors (Lipinski definition) is 3. The van der Waals surface area contributed by atoms with Crippen molar-refractivity contribution in [3.63, 3.8) is 0 Å². The summed E-state index contributed by atoms with van der Waals surface area (Å²) < 4.78 is 5.05. The van der Waals surface area contributed by atoms with E-state index in [9.17, 15) is 14.7 Å². The molecule has 0 aliphatic heterocycles. The van der Waals surface area contributed by atoms with Gasteiger partial charge in [-0.15, -0.1) is 0 Å². The largest absolute Gasteiger partial charge is 0.462 e. The molecule has 0 radical (unpaired) electrons. The smallest absolute Gasteiger partial charge is 0.338 e. The monoisotopic (exact) mass is 342 g/mol. The number of hydrogen-bond acceptors (Lipinski definition) is 4. The van der Waals surface area contributed by atoms with E-state index < -0.39 is 12.1 Å². The van der Waals surface area contributed by atoms with Gasteiger partial charge >= 0.3 is 12.0 Å². The van der Waals surface area contributed by atoms with Crippen molar-refractivity contribution in [1.82, 2.24) is 5.32 Å². The first-order valence-corrected chi connectivity index (χ1v) is 8.14. The lowest BCUT2D eigenvalue weighted by Gasteiger charge is -2.17. The van der Waals surface area contributed by atoms with Gasteiger partial charge in [0.25, 0.3) is 0 Å². The zero-order valence-electron chi connectivity index (χ0n) is 14.1. The Kier molecular flexibility index (Phi) is 6.98. The minimum Gasteiger partial charge on any atom is -0.462 e. The third-order valence-corrected chi connectivity index (χ3v) is 3.51. The van der Waals surface area contributed by atoms with Crippen molar-refractivity contribution in [3.8, 4) is 0 Å². The van der Waals surface area contributed by atoms with E-state index in [1.807, 2.05) is 37.3 Å². The summed E-state index contributed by atoms with van der Waals surface area (Å²) in [5, 5.41) is 14.8. The maximum Gasteiger partial charge on any atom is 0.338 e. The fourth-order valence-corrected chi connectivity index (χ4v) is 2.21. The lowest BCUT2D eigenvalue weighted by atomic mass is 10.1. The molecule has 0 bridgehead atoms. The number of urea groups is 1. The summed E-state index contributed by atoms with van der Waals surface area (Å²) >= 11 is 0. The Balaban J connectivity index is 1.92. The third-order valence-electron chi connectivity index (χ3n) is 3.51. The number of amides is 2. The quantitative estimate of drug-likeness (QED) is 0.675. The molecule has 6 nitrogen and oxygen atoms in total. The summed E-state index contributed by atoms with van der Waals surface area (Å²) in [6, 6.07) is 14.7. The van der Waals surface area contributed by atoms with Crippen LogP contribution in [0.2, 0.25) is 0 Å². The molecular weight excluding hydrogens is 320 g/mol. The van der Waals surface area contributed by atoms with E-state index in [1.54, 1.807) is 24.3 Å². The Labute approximate surface area is 146 Å². The zero-order chi connectivity index (χ0) is 18.1. The van der Waals surface area contributed by atoms with E-state index in [0.717, 1.165) is 12.0 Å². The Hall–Kier alpha value is -2.86. The second kappa shape index (κ2) is 9.44. The highest BCUT2D eigenvalue weighted by Gasteiger charge is 2.13. The van der Waals surface area contributed by atoms with Crippen molar-refractivity contribution in [1.29, 1.82) is 0 Å². The average Bonchev–Trinajstić information content (AvgIpc) is 2.65. The molecule has 0 fully saturated rings. The molecule has 0 heterocycles. The SMILES string of the molecule is CCCOC(=O)c1ccc(NC(=O)N[C@H](CO)c2ccccc2)cc1. The molecule has 0 spiro atoms. The average molecular weight is 342 g/mol. The summed E-state index contributed by atoms with van der Waals surface area (Å²) in [6.45, 7) is 2.09. The van der Waals surface area contributed by atoms with Gasteiger partial charge in [-0.2, -0.15) is 0 Å². The van der Waals surface area contributed by atoms with Gasteiger partial charge in [0.05, 0.1) is 24.8 Å². The van der Waals surface area contributed by atoms with Gasteiger partial charge in [0.2, 0.25) is 0 Å². The van der Waals surface area contributed by atoms with Crippen molar-refractivity contribution < 1.29 is 19.4 Å². The van der Waals surface area contributed by atoms with Crippen LogP contribution in [0.4, 0.5) is 10.5 Å². The lowest BCUT2D eigenvalue weighted by molar-refractivity contribution is 0.0505. The number of carbonyl (C=O) groups excluding carboxylic acids is 2. The van der Waals surface area contributed by atoms with E-state index in [4.69, 9.17) is 4.74 Å². The van der Waals surface area contributed by atoms with Crippen LogP contribution in [-0.4, -0.2) is 30.3 Å². The summed E-state index contributed by atoms with van der Waals surface area (Å²) in [5.41, 5.74) is 1.78. The number of esters is 1. The van der Waals surface area contributed by atoms with Crippen molar-refractivity contribution in [2.75, 3.05) is 18.5 Å². The van der Waals surface area contributed by atoms with E-state index >= 15 is 0 Å². The van der Waals surface area contributed by atoms with E-state index in [2.05, 4.69) is 10.6 Å². The van der Waals surface area contributed by atoms with Crippen molar-refractivity contribution in [2.24, 2.45) is 0 Å². The van der Waals surface area contributed by atoms with Crippen LogP contribution < -0.4 is 10.6 Å². The number of carbonyl (C=O) groups is 2. The number of benzene rings is 2. The highest BCUT2D eigenvalue weighted by Crippen LogP contribution is 2.14. The molecule has 2 aromatic carbocycles. The molecule has 3 N–H and O–H groups in total. The number of rotatable bonds is 7. The van der Waals surface area contributed by atoms with Crippen LogP contribution in [0.1, 0.15) is 35.3 Å². The molecule has 1 atom stereocenters. The standard InChI is InChI=1S/C19H22N2O4/c1-2-12-25-18(23)15-8-10-16(11-9-15)20-19(24)21-17(13-22)14-6-4-3-5-7-14/h3-11,17,22H,2,12-13H2,1H3,(H2,20,21,24)/t17-/m1/s1. The lowest BCUT2D eigenvalue weighted by Crippen LogP contribution is -2.34. The number of nitrogens with one attached hydrogen (secondary N) is 2. The Morgan fingerprint density at radius 3 is 2.36 bits per heavy atom. The summed E-state index contributed by atoms with van der Waals surface area (Å²) in [5.74, 6) is -0.387. The molecule has 25 heavy (non-hydrogen) atoms. The number of ether oxygens (including phenoxy) is 1. The van der Waals surface area contributed by atoms with Crippen LogP contribution in [0.3, 0.4) is 0 Å². The molecule has 0 unspecified atom stereocenters. The second-order valence-corrected chi connectivity index (χ2v) is 5.46. The maximum atomic E-state index is 12.1. The van der Waals surface area contributed by atoms with Crippen molar-refractivity contribution in [3.05, 3.63) is 65.7 Å². The van der Waals surface area contributed by atoms with Crippen LogP contribution in [0.15, 0.2) is 54.6 Å². The first-order chi connectivity index (χ1) is 12.1. The van der Waals surface area contributed by atoms with Gasteiger partial charge in [0.1, 0.15) is 0 Å². The Morgan fingerprint density at radius 2 is 1.76 bits per heavy atom. The van der Waals surface area contributed by atoms with Crippen LogP contribution in [-0.2, 0) is 4.74 Å². The predicted octanol–water partition coefficient (Wildman–Crippen LogP) is 3.11. The normalized spacial score (nSPS) is 11.4. The van der Waals surface area contributed by atoms with Gasteiger partial charge in [0.15, 0.2) is 0 Å². The summed E-state index contributed by atoms with van der Waals surface area (Å²) in [6.07, 6.45) is 0.763. The second-order valence-electron chi connectivity index (χ2n) is 5.46. The van der Waals surface area contributed by atoms with Gasteiger partial charge in [0, 0.05) is 5.69 Å². The summed E-state index contributed by atoms with van der Waals surface area (Å²) in [4.78, 5) is 23.8. The molecular formula is C19H22N2O4. The molecule has 0 aliphatic carbocycles. The van der Waals surface area contributed by atoms with Crippen LogP contribution >= 0.6 is 0 Å². The van der Waals surface area contributed by atoms with Crippen LogP contribution in [0.5, 0.6) is 0 Å². The van der Waals surface area contributed by atoms with Crippen LogP contribution in [0.25, 0.3) is 0 Å². The zero-order valence-corrected chi connectivity index (χ0v) is 14.1. The molecule has 2 amide bonds. The molecule has 132 valence electrons. The highest BCUT2D eigenvalue weighted by molar-refractivity contribution is 5.92. The van der Waals surface area contributed by atoms with Gasteiger partial charge in [-0.25, -0.2) is 9.59 Å². The maximum absolute atomic E-state index is 12.1. The number of aliphatic hydroxyl groups is 1. The Bertz CT molecular complexity index is 686. The molecule has 0 saturated heterocycles. The number of aliphatic hydroxyl groups excluding tert-OH is 1. The van der Waals surface area contributed by atoms with Gasteiger partial charge in [-0.3, -0.25) is 0 Å². The molecule has 0 aromatic heterocycles.